The molecule has 0 radical (unpaired) electrons. The average Bonchev–Trinajstić information content (AvgIpc) is 3.10. The fourth-order valence-corrected chi connectivity index (χ4v) is 4.51. The first-order chi connectivity index (χ1) is 12.8. The van der Waals surface area contributed by atoms with E-state index in [4.69, 9.17) is 11.6 Å². The Bertz CT molecular complexity index is 1040. The third kappa shape index (κ3) is 4.55. The first-order valence-electron chi connectivity index (χ1n) is 7.69. The van der Waals surface area contributed by atoms with Crippen LogP contribution in [0.25, 0.3) is 0 Å². The molecule has 2 N–H and O–H groups in total. The first-order valence-corrected chi connectivity index (χ1v) is 10.4. The lowest BCUT2D eigenvalue weighted by Crippen LogP contribution is -2.15. The third-order valence-corrected chi connectivity index (χ3v) is 6.19. The second-order valence-electron chi connectivity index (χ2n) is 5.62. The van der Waals surface area contributed by atoms with Gasteiger partial charge in [0.1, 0.15) is 16.5 Å². The topological polar surface area (TPSA) is 71.1 Å². The highest BCUT2D eigenvalue weighted by molar-refractivity contribution is 7.93. The molecule has 1 heterocycles. The monoisotopic (exact) mass is 429 g/mol. The van der Waals surface area contributed by atoms with Crippen LogP contribution in [-0.2, 0) is 10.0 Å². The number of nitrogens with one attached hydrogen (secondary N) is 2. The highest BCUT2D eigenvalue weighted by atomic mass is 35.5. The van der Waals surface area contributed by atoms with Crippen LogP contribution in [0.15, 0.2) is 52.9 Å². The first kappa shape index (κ1) is 19.5. The number of aromatic nitrogens is 1. The molecule has 0 unspecified atom stereocenters. The van der Waals surface area contributed by atoms with Crippen molar-refractivity contribution in [2.24, 2.45) is 0 Å². The second kappa shape index (κ2) is 7.79. The van der Waals surface area contributed by atoms with E-state index in [1.807, 2.05) is 0 Å². The zero-order valence-corrected chi connectivity index (χ0v) is 16.3. The summed E-state index contributed by atoms with van der Waals surface area (Å²) in [5, 5.41) is 4.73. The maximum absolute atomic E-state index is 14.5. The highest BCUT2D eigenvalue weighted by Crippen LogP contribution is 2.31. The van der Waals surface area contributed by atoms with Crippen LogP contribution in [0.2, 0.25) is 5.02 Å². The van der Waals surface area contributed by atoms with Crippen molar-refractivity contribution in [1.29, 1.82) is 0 Å². The molecule has 27 heavy (non-hydrogen) atoms. The summed E-state index contributed by atoms with van der Waals surface area (Å²) >= 11 is 7.22. The zero-order valence-electron chi connectivity index (χ0n) is 13.9. The molecule has 0 aliphatic carbocycles. The van der Waals surface area contributed by atoms with E-state index < -0.39 is 20.7 Å². The molecule has 0 saturated carbocycles. The standard InChI is InChI=1S/C17H14ClF2N3O2S2/c1-10(11-2-4-12(19)5-3-11)22-15-9-14(20)16(8-13(15)18)27(24,25)23-17-21-6-7-26-17/h2-10,22H,1H3,(H,21,23)/t10-/m0/s1. The van der Waals surface area contributed by atoms with Gasteiger partial charge in [-0.25, -0.2) is 22.2 Å². The number of hydrogen-bond acceptors (Lipinski definition) is 5. The van der Waals surface area contributed by atoms with Crippen molar-refractivity contribution in [3.63, 3.8) is 0 Å². The summed E-state index contributed by atoms with van der Waals surface area (Å²) in [6, 6.07) is 7.55. The normalized spacial score (nSPS) is 12.6. The molecule has 0 aliphatic rings. The van der Waals surface area contributed by atoms with Gasteiger partial charge in [0.2, 0.25) is 0 Å². The number of benzene rings is 2. The molecule has 3 aromatic rings. The Morgan fingerprint density at radius 1 is 1.19 bits per heavy atom. The van der Waals surface area contributed by atoms with Crippen LogP contribution in [0.5, 0.6) is 0 Å². The fourth-order valence-electron chi connectivity index (χ4n) is 2.36. The predicted octanol–water partition coefficient (Wildman–Crippen LogP) is 5.05. The van der Waals surface area contributed by atoms with E-state index in [9.17, 15) is 17.2 Å². The Morgan fingerprint density at radius 2 is 1.89 bits per heavy atom. The quantitative estimate of drug-likeness (QED) is 0.575. The summed E-state index contributed by atoms with van der Waals surface area (Å²) in [5.41, 5.74) is 0.981. The number of sulfonamides is 1. The maximum atomic E-state index is 14.5. The van der Waals surface area contributed by atoms with Gasteiger partial charge in [-0.1, -0.05) is 23.7 Å². The molecule has 0 fully saturated rings. The lowest BCUT2D eigenvalue weighted by molar-refractivity contribution is 0.570. The molecule has 142 valence electrons. The summed E-state index contributed by atoms with van der Waals surface area (Å²) in [6.45, 7) is 1.79. The van der Waals surface area contributed by atoms with Gasteiger partial charge in [-0.05, 0) is 36.8 Å². The Hall–Kier alpha value is -2.23. The molecular weight excluding hydrogens is 416 g/mol. The molecular formula is C17H14ClF2N3O2S2. The molecule has 0 aliphatic heterocycles. The van der Waals surface area contributed by atoms with Crippen molar-refractivity contribution in [3.8, 4) is 0 Å². The average molecular weight is 430 g/mol. The van der Waals surface area contributed by atoms with Gasteiger partial charge in [0.25, 0.3) is 10.0 Å². The minimum absolute atomic E-state index is 0.0323. The molecule has 0 amide bonds. The number of halogens is 3. The molecule has 1 atom stereocenters. The summed E-state index contributed by atoms with van der Waals surface area (Å²) in [6.07, 6.45) is 1.43. The van der Waals surface area contributed by atoms with Gasteiger partial charge < -0.3 is 5.32 Å². The van der Waals surface area contributed by atoms with E-state index in [0.717, 1.165) is 29.0 Å². The molecule has 0 saturated heterocycles. The Balaban J connectivity index is 1.85. The SMILES string of the molecule is C[C@H](Nc1cc(F)c(S(=O)(=O)Nc2nccs2)cc1Cl)c1ccc(F)cc1. The zero-order chi connectivity index (χ0) is 19.6. The lowest BCUT2D eigenvalue weighted by atomic mass is 10.1. The van der Waals surface area contributed by atoms with Gasteiger partial charge in [-0.2, -0.15) is 0 Å². The number of rotatable bonds is 6. The summed E-state index contributed by atoms with van der Waals surface area (Å²) in [4.78, 5) is 3.23. The van der Waals surface area contributed by atoms with Crippen molar-refractivity contribution < 1.29 is 17.2 Å². The van der Waals surface area contributed by atoms with Crippen LogP contribution in [-0.4, -0.2) is 13.4 Å². The largest absolute Gasteiger partial charge is 0.377 e. The third-order valence-electron chi connectivity index (χ3n) is 3.71. The highest BCUT2D eigenvalue weighted by Gasteiger charge is 2.23. The van der Waals surface area contributed by atoms with Gasteiger partial charge in [0.05, 0.1) is 10.7 Å². The van der Waals surface area contributed by atoms with Crippen LogP contribution < -0.4 is 10.0 Å². The number of anilines is 2. The molecule has 3 rings (SSSR count). The number of nitrogens with zero attached hydrogens (tertiary/aromatic N) is 1. The van der Waals surface area contributed by atoms with Crippen molar-refractivity contribution in [2.75, 3.05) is 10.0 Å². The van der Waals surface area contributed by atoms with E-state index in [2.05, 4.69) is 15.0 Å². The molecule has 0 bridgehead atoms. The van der Waals surface area contributed by atoms with Gasteiger partial charge in [0.15, 0.2) is 5.13 Å². The van der Waals surface area contributed by atoms with E-state index >= 15 is 0 Å². The van der Waals surface area contributed by atoms with Crippen LogP contribution in [0, 0.1) is 11.6 Å². The Kier molecular flexibility index (Phi) is 5.64. The van der Waals surface area contributed by atoms with Crippen molar-refractivity contribution in [1.82, 2.24) is 4.98 Å². The van der Waals surface area contributed by atoms with Crippen LogP contribution in [0.1, 0.15) is 18.5 Å². The van der Waals surface area contributed by atoms with Crippen LogP contribution >= 0.6 is 22.9 Å². The predicted molar refractivity (Wildman–Crippen MR) is 103 cm³/mol. The number of thiazole rings is 1. The lowest BCUT2D eigenvalue weighted by Gasteiger charge is -2.18. The minimum atomic E-state index is -4.17. The van der Waals surface area contributed by atoms with Gasteiger partial charge in [-0.15, -0.1) is 11.3 Å². The van der Waals surface area contributed by atoms with E-state index in [-0.39, 0.29) is 27.7 Å². The van der Waals surface area contributed by atoms with Gasteiger partial charge in [-0.3, -0.25) is 4.72 Å². The van der Waals surface area contributed by atoms with Gasteiger partial charge in [0, 0.05) is 17.6 Å². The van der Waals surface area contributed by atoms with Crippen molar-refractivity contribution >= 4 is 43.8 Å². The minimum Gasteiger partial charge on any atom is -0.377 e. The summed E-state index contributed by atoms with van der Waals surface area (Å²) in [7, 11) is -4.17. The van der Waals surface area contributed by atoms with Crippen molar-refractivity contribution in [2.45, 2.75) is 17.9 Å². The summed E-state index contributed by atoms with van der Waals surface area (Å²) < 4.78 is 54.4. The van der Waals surface area contributed by atoms with Crippen LogP contribution in [0.4, 0.5) is 19.6 Å². The van der Waals surface area contributed by atoms with E-state index in [1.165, 1.54) is 18.3 Å². The Labute approximate surface area is 164 Å². The Morgan fingerprint density at radius 3 is 2.52 bits per heavy atom. The fraction of sp³-hybridized carbons (Fsp3) is 0.118. The number of hydrogen-bond donors (Lipinski definition) is 2. The molecule has 1 aromatic heterocycles. The molecule has 2 aromatic carbocycles. The maximum Gasteiger partial charge on any atom is 0.266 e. The van der Waals surface area contributed by atoms with Crippen molar-refractivity contribution in [3.05, 3.63) is 70.2 Å². The van der Waals surface area contributed by atoms with E-state index in [1.54, 1.807) is 24.4 Å². The van der Waals surface area contributed by atoms with Crippen LogP contribution in [0.3, 0.4) is 0 Å². The van der Waals surface area contributed by atoms with Gasteiger partial charge >= 0.3 is 0 Å². The molecule has 5 nitrogen and oxygen atoms in total. The summed E-state index contributed by atoms with van der Waals surface area (Å²) in [5.74, 6) is -1.32. The van der Waals surface area contributed by atoms with E-state index in [0.29, 0.717) is 0 Å². The smallest absolute Gasteiger partial charge is 0.266 e. The molecule has 10 heteroatoms. The second-order valence-corrected chi connectivity index (χ2v) is 8.58. The molecule has 0 spiro atoms.